The minimum atomic E-state index is -4.40. The number of hydrogen-bond donors (Lipinski definition) is 1. The van der Waals surface area contributed by atoms with Crippen LogP contribution in [0.25, 0.3) is 0 Å². The Morgan fingerprint density at radius 3 is 2.57 bits per heavy atom. The summed E-state index contributed by atoms with van der Waals surface area (Å²) in [6.07, 6.45) is -6.10. The monoisotopic (exact) mass is 322 g/mol. The molecule has 116 valence electrons. The number of benzene rings is 1. The fourth-order valence-corrected chi connectivity index (χ4v) is 3.52. The van der Waals surface area contributed by atoms with Gasteiger partial charge in [-0.1, -0.05) is 12.1 Å². The zero-order valence-corrected chi connectivity index (χ0v) is 11.7. The summed E-state index contributed by atoms with van der Waals surface area (Å²) in [5.41, 5.74) is 0.595. The van der Waals surface area contributed by atoms with Gasteiger partial charge in [-0.2, -0.15) is 13.2 Å². The van der Waals surface area contributed by atoms with Crippen LogP contribution in [0, 0.1) is 0 Å². The maximum atomic E-state index is 12.2. The van der Waals surface area contributed by atoms with Gasteiger partial charge < -0.3 is 5.32 Å². The van der Waals surface area contributed by atoms with Gasteiger partial charge in [0.25, 0.3) is 0 Å². The molecule has 0 aromatic heterocycles. The molecular formula is C12H13F3N2O3S. The minimum absolute atomic E-state index is 0.268. The van der Waals surface area contributed by atoms with Crippen LogP contribution in [0.1, 0.15) is 12.8 Å². The third kappa shape index (κ3) is 3.87. The number of sulfonamides is 1. The number of anilines is 2. The van der Waals surface area contributed by atoms with Crippen LogP contribution in [0.15, 0.2) is 24.3 Å². The number of rotatable bonds is 4. The summed E-state index contributed by atoms with van der Waals surface area (Å²) in [6, 6.07) is 6.24. The highest BCUT2D eigenvalue weighted by atomic mass is 32.2. The Hall–Kier alpha value is -1.77. The number of amides is 1. The molecule has 2 rings (SSSR count). The predicted molar refractivity (Wildman–Crippen MR) is 71.5 cm³/mol. The third-order valence-electron chi connectivity index (χ3n) is 2.93. The molecule has 0 saturated carbocycles. The quantitative estimate of drug-likeness (QED) is 0.923. The molecule has 1 N–H and O–H groups in total. The number of halogens is 3. The van der Waals surface area contributed by atoms with Gasteiger partial charge in [0.05, 0.1) is 17.1 Å². The number of nitrogens with one attached hydrogen (secondary N) is 1. The number of carbonyl (C=O) groups is 1. The molecule has 1 heterocycles. The number of hydrogen-bond acceptors (Lipinski definition) is 3. The van der Waals surface area contributed by atoms with E-state index in [2.05, 4.69) is 5.32 Å². The summed E-state index contributed by atoms with van der Waals surface area (Å²) in [6.45, 7) is -0.425. The summed E-state index contributed by atoms with van der Waals surface area (Å²) >= 11 is 0. The first-order valence-electron chi connectivity index (χ1n) is 6.15. The minimum Gasteiger partial charge on any atom is -0.323 e. The molecule has 0 fully saturated rings. The summed E-state index contributed by atoms with van der Waals surface area (Å²) in [4.78, 5) is 11.5. The topological polar surface area (TPSA) is 66.5 Å². The smallest absolute Gasteiger partial charge is 0.323 e. The van der Waals surface area contributed by atoms with E-state index in [1.807, 2.05) is 0 Å². The normalized spacial score (nSPS) is 15.6. The van der Waals surface area contributed by atoms with Gasteiger partial charge in [0.2, 0.25) is 15.9 Å². The second-order valence-electron chi connectivity index (χ2n) is 4.61. The zero-order chi connectivity index (χ0) is 15.7. The fraction of sp³-hybridized carbons (Fsp3) is 0.417. The van der Waals surface area contributed by atoms with Gasteiger partial charge in [0, 0.05) is 6.42 Å². The van der Waals surface area contributed by atoms with Crippen LogP contribution < -0.4 is 9.62 Å². The standard InChI is InChI=1S/C12H13F3N2O3S/c13-12(14,15)6-3-7-21(19,20)17-8-11(18)16-9-4-1-2-5-10(9)17/h1-2,4-5H,3,6-8H2,(H,16,18). The first-order valence-corrected chi connectivity index (χ1v) is 7.76. The number of para-hydroxylation sites is 2. The van der Waals surface area contributed by atoms with E-state index in [0.717, 1.165) is 4.31 Å². The van der Waals surface area contributed by atoms with Gasteiger partial charge in [-0.05, 0) is 18.6 Å². The van der Waals surface area contributed by atoms with Crippen molar-refractivity contribution >= 4 is 27.3 Å². The van der Waals surface area contributed by atoms with E-state index >= 15 is 0 Å². The SMILES string of the molecule is O=C1CN(S(=O)(=O)CCCC(F)(F)F)c2ccccc2N1. The molecule has 21 heavy (non-hydrogen) atoms. The van der Waals surface area contributed by atoms with E-state index in [4.69, 9.17) is 0 Å². The number of alkyl halides is 3. The molecule has 0 atom stereocenters. The van der Waals surface area contributed by atoms with Crippen molar-refractivity contribution < 1.29 is 26.4 Å². The Balaban J connectivity index is 2.18. The van der Waals surface area contributed by atoms with Crippen molar-refractivity contribution in [3.05, 3.63) is 24.3 Å². The number of carbonyl (C=O) groups excluding carboxylic acids is 1. The molecule has 1 aliphatic heterocycles. The lowest BCUT2D eigenvalue weighted by atomic mass is 10.2. The van der Waals surface area contributed by atoms with Gasteiger partial charge >= 0.3 is 6.18 Å². The lowest BCUT2D eigenvalue weighted by Gasteiger charge is -2.30. The van der Waals surface area contributed by atoms with Gasteiger partial charge in [-0.3, -0.25) is 9.10 Å². The maximum Gasteiger partial charge on any atom is 0.389 e. The van der Waals surface area contributed by atoms with Gasteiger partial charge in [-0.15, -0.1) is 0 Å². The summed E-state index contributed by atoms with van der Waals surface area (Å²) in [5.74, 6) is -1.18. The molecule has 1 amide bonds. The predicted octanol–water partition coefficient (Wildman–Crippen LogP) is 2.12. The highest BCUT2D eigenvalue weighted by Crippen LogP contribution is 2.31. The zero-order valence-electron chi connectivity index (χ0n) is 10.9. The molecule has 1 aromatic carbocycles. The van der Waals surface area contributed by atoms with Crippen LogP contribution in [0.2, 0.25) is 0 Å². The Bertz CT molecular complexity index is 643. The van der Waals surface area contributed by atoms with Crippen molar-refractivity contribution in [3.8, 4) is 0 Å². The van der Waals surface area contributed by atoms with Crippen molar-refractivity contribution in [3.63, 3.8) is 0 Å². The van der Waals surface area contributed by atoms with Crippen molar-refractivity contribution in [2.75, 3.05) is 21.9 Å². The van der Waals surface area contributed by atoms with E-state index in [9.17, 15) is 26.4 Å². The average molecular weight is 322 g/mol. The summed E-state index contributed by atoms with van der Waals surface area (Å²) in [7, 11) is -3.98. The van der Waals surface area contributed by atoms with Crippen molar-refractivity contribution in [2.45, 2.75) is 19.0 Å². The van der Waals surface area contributed by atoms with Crippen LogP contribution in [0.3, 0.4) is 0 Å². The Labute approximate surface area is 119 Å². The van der Waals surface area contributed by atoms with Crippen molar-refractivity contribution in [2.24, 2.45) is 0 Å². The Morgan fingerprint density at radius 1 is 1.24 bits per heavy atom. The molecule has 0 bridgehead atoms. The molecule has 0 aliphatic carbocycles. The largest absolute Gasteiger partial charge is 0.389 e. The molecule has 1 aliphatic rings. The maximum absolute atomic E-state index is 12.2. The van der Waals surface area contributed by atoms with Crippen molar-refractivity contribution in [1.82, 2.24) is 0 Å². The van der Waals surface area contributed by atoms with Gasteiger partial charge in [0.1, 0.15) is 6.54 Å². The lowest BCUT2D eigenvalue weighted by molar-refractivity contribution is -0.134. The van der Waals surface area contributed by atoms with E-state index in [0.29, 0.717) is 5.69 Å². The fourth-order valence-electron chi connectivity index (χ4n) is 2.02. The number of fused-ring (bicyclic) bond motifs is 1. The molecule has 0 spiro atoms. The second-order valence-corrected chi connectivity index (χ2v) is 6.62. The third-order valence-corrected chi connectivity index (χ3v) is 4.73. The summed E-state index contributed by atoms with van der Waals surface area (Å²) < 4.78 is 61.5. The van der Waals surface area contributed by atoms with Crippen LogP contribution >= 0.6 is 0 Å². The van der Waals surface area contributed by atoms with E-state index in [1.165, 1.54) is 12.1 Å². The van der Waals surface area contributed by atoms with Gasteiger partial charge in [0.15, 0.2) is 0 Å². The molecule has 9 heteroatoms. The first-order chi connectivity index (χ1) is 9.69. The molecule has 0 radical (unpaired) electrons. The lowest BCUT2D eigenvalue weighted by Crippen LogP contribution is -2.43. The average Bonchev–Trinajstić information content (AvgIpc) is 2.35. The second kappa shape index (κ2) is 5.55. The van der Waals surface area contributed by atoms with Crippen LogP contribution in [0.5, 0.6) is 0 Å². The van der Waals surface area contributed by atoms with Crippen molar-refractivity contribution in [1.29, 1.82) is 0 Å². The highest BCUT2D eigenvalue weighted by Gasteiger charge is 2.32. The van der Waals surface area contributed by atoms with E-state index in [1.54, 1.807) is 12.1 Å². The van der Waals surface area contributed by atoms with E-state index in [-0.39, 0.29) is 5.69 Å². The number of nitrogens with zero attached hydrogens (tertiary/aromatic N) is 1. The van der Waals surface area contributed by atoms with Crippen LogP contribution in [-0.4, -0.2) is 32.8 Å². The van der Waals surface area contributed by atoms with E-state index < -0.39 is 47.2 Å². The highest BCUT2D eigenvalue weighted by molar-refractivity contribution is 7.92. The first kappa shape index (κ1) is 15.6. The Morgan fingerprint density at radius 2 is 1.90 bits per heavy atom. The molecule has 1 aromatic rings. The molecule has 0 unspecified atom stereocenters. The molecule has 5 nitrogen and oxygen atoms in total. The summed E-state index contributed by atoms with van der Waals surface area (Å²) in [5, 5.41) is 2.52. The Kier molecular flexibility index (Phi) is 4.13. The van der Waals surface area contributed by atoms with Crippen LogP contribution in [-0.2, 0) is 14.8 Å². The molecular weight excluding hydrogens is 309 g/mol. The van der Waals surface area contributed by atoms with Gasteiger partial charge in [-0.25, -0.2) is 8.42 Å². The van der Waals surface area contributed by atoms with Crippen LogP contribution in [0.4, 0.5) is 24.5 Å². The molecule has 0 saturated heterocycles.